The first-order valence-corrected chi connectivity index (χ1v) is 8.49. The Hall–Kier alpha value is -2.81. The molecular weight excluding hydrogens is 346 g/mol. The molecule has 3 N–H and O–H groups in total. The second kappa shape index (κ2) is 8.88. The van der Waals surface area contributed by atoms with Crippen LogP contribution in [0.1, 0.15) is 21.7 Å². The second-order valence-corrected chi connectivity index (χ2v) is 6.13. The van der Waals surface area contributed by atoms with Crippen LogP contribution < -0.4 is 10.6 Å². The Bertz CT molecular complexity index is 757. The molecule has 1 aromatic heterocycles. The fraction of sp³-hybridized carbons (Fsp3) is 0.250. The Balaban J connectivity index is 1.65. The van der Waals surface area contributed by atoms with Gasteiger partial charge in [-0.2, -0.15) is 0 Å². The number of anilines is 1. The third kappa shape index (κ3) is 6.30. The molecule has 0 radical (unpaired) electrons. The van der Waals surface area contributed by atoms with Crippen LogP contribution >= 0.6 is 11.8 Å². The lowest BCUT2D eigenvalue weighted by Crippen LogP contribution is -2.25. The van der Waals surface area contributed by atoms with Gasteiger partial charge in [0.2, 0.25) is 11.8 Å². The molecule has 0 atom stereocenters. The van der Waals surface area contributed by atoms with E-state index in [1.54, 1.807) is 25.1 Å². The van der Waals surface area contributed by atoms with Crippen LogP contribution in [-0.2, 0) is 16.1 Å². The number of carboxylic acids is 1. The summed E-state index contributed by atoms with van der Waals surface area (Å²) < 4.78 is 4.83. The van der Waals surface area contributed by atoms with Crippen molar-refractivity contribution >= 4 is 35.4 Å². The number of aromatic carboxylic acids is 1. The Morgan fingerprint density at radius 3 is 2.44 bits per heavy atom. The molecule has 0 aliphatic heterocycles. The zero-order valence-electron chi connectivity index (χ0n) is 13.4. The van der Waals surface area contributed by atoms with Crippen molar-refractivity contribution in [3.63, 3.8) is 0 Å². The number of hydrogen-bond donors (Lipinski definition) is 3. The van der Waals surface area contributed by atoms with Crippen LogP contribution in [-0.4, -0.2) is 39.6 Å². The average Bonchev–Trinajstić information content (AvgIpc) is 2.98. The number of aromatic nitrogens is 1. The molecule has 2 amide bonds. The van der Waals surface area contributed by atoms with Gasteiger partial charge in [0, 0.05) is 12.6 Å². The number of amides is 2. The smallest absolute Gasteiger partial charge is 0.335 e. The SMILES string of the molecule is Cc1cc(NC(=O)CSCC(=O)NCc2ccc(C(=O)O)cc2)no1. The molecule has 0 aliphatic carbocycles. The molecule has 1 heterocycles. The first-order valence-electron chi connectivity index (χ1n) is 7.34. The van der Waals surface area contributed by atoms with Gasteiger partial charge in [0.1, 0.15) is 5.76 Å². The monoisotopic (exact) mass is 363 g/mol. The average molecular weight is 363 g/mol. The fourth-order valence-corrected chi connectivity index (χ4v) is 2.50. The van der Waals surface area contributed by atoms with Gasteiger partial charge in [-0.3, -0.25) is 9.59 Å². The summed E-state index contributed by atoms with van der Waals surface area (Å²) in [5.74, 6) is -0.277. The number of benzene rings is 1. The molecule has 0 aliphatic rings. The highest BCUT2D eigenvalue weighted by molar-refractivity contribution is 8.00. The number of carbonyl (C=O) groups is 3. The maximum absolute atomic E-state index is 11.7. The van der Waals surface area contributed by atoms with Crippen molar-refractivity contribution in [1.82, 2.24) is 10.5 Å². The number of carbonyl (C=O) groups excluding carboxylic acids is 2. The van der Waals surface area contributed by atoms with E-state index in [1.807, 2.05) is 0 Å². The van der Waals surface area contributed by atoms with E-state index < -0.39 is 5.97 Å². The lowest BCUT2D eigenvalue weighted by molar-refractivity contribution is -0.118. The minimum atomic E-state index is -0.994. The highest BCUT2D eigenvalue weighted by Gasteiger charge is 2.08. The van der Waals surface area contributed by atoms with E-state index >= 15 is 0 Å². The minimum Gasteiger partial charge on any atom is -0.478 e. The van der Waals surface area contributed by atoms with Crippen molar-refractivity contribution in [2.75, 3.05) is 16.8 Å². The van der Waals surface area contributed by atoms with E-state index in [1.165, 1.54) is 23.9 Å². The molecule has 0 fully saturated rings. The summed E-state index contributed by atoms with van der Waals surface area (Å²) in [7, 11) is 0. The summed E-state index contributed by atoms with van der Waals surface area (Å²) in [6.07, 6.45) is 0. The lowest BCUT2D eigenvalue weighted by Gasteiger charge is -2.06. The van der Waals surface area contributed by atoms with Crippen molar-refractivity contribution in [3.05, 3.63) is 47.2 Å². The molecule has 25 heavy (non-hydrogen) atoms. The van der Waals surface area contributed by atoms with E-state index in [2.05, 4.69) is 15.8 Å². The number of nitrogens with zero attached hydrogens (tertiary/aromatic N) is 1. The zero-order chi connectivity index (χ0) is 18.2. The molecule has 2 aromatic rings. The number of aryl methyl sites for hydroxylation is 1. The number of nitrogens with one attached hydrogen (secondary N) is 2. The molecule has 132 valence electrons. The minimum absolute atomic E-state index is 0.118. The summed E-state index contributed by atoms with van der Waals surface area (Å²) in [6.45, 7) is 2.01. The van der Waals surface area contributed by atoms with Crippen LogP contribution in [0, 0.1) is 6.92 Å². The normalized spacial score (nSPS) is 10.3. The summed E-state index contributed by atoms with van der Waals surface area (Å²) >= 11 is 1.18. The van der Waals surface area contributed by atoms with Gasteiger partial charge in [0.25, 0.3) is 0 Å². The van der Waals surface area contributed by atoms with Crippen LogP contribution in [0.15, 0.2) is 34.9 Å². The van der Waals surface area contributed by atoms with Gasteiger partial charge in [-0.1, -0.05) is 17.3 Å². The third-order valence-electron chi connectivity index (χ3n) is 3.05. The molecule has 0 bridgehead atoms. The zero-order valence-corrected chi connectivity index (χ0v) is 14.3. The van der Waals surface area contributed by atoms with Gasteiger partial charge in [0.15, 0.2) is 5.82 Å². The van der Waals surface area contributed by atoms with Gasteiger partial charge < -0.3 is 20.3 Å². The van der Waals surface area contributed by atoms with Crippen molar-refractivity contribution in [1.29, 1.82) is 0 Å². The highest BCUT2D eigenvalue weighted by atomic mass is 32.2. The Morgan fingerprint density at radius 1 is 1.16 bits per heavy atom. The molecule has 9 heteroatoms. The van der Waals surface area contributed by atoms with Gasteiger partial charge in [0.05, 0.1) is 17.1 Å². The van der Waals surface area contributed by atoms with Crippen LogP contribution in [0.2, 0.25) is 0 Å². The molecule has 0 spiro atoms. The van der Waals surface area contributed by atoms with E-state index in [0.29, 0.717) is 18.1 Å². The highest BCUT2D eigenvalue weighted by Crippen LogP contribution is 2.08. The van der Waals surface area contributed by atoms with Crippen molar-refractivity contribution in [2.24, 2.45) is 0 Å². The van der Waals surface area contributed by atoms with E-state index in [-0.39, 0.29) is 28.9 Å². The summed E-state index contributed by atoms with van der Waals surface area (Å²) in [4.78, 5) is 34.2. The van der Waals surface area contributed by atoms with Gasteiger partial charge >= 0.3 is 5.97 Å². The van der Waals surface area contributed by atoms with Crippen LogP contribution in [0.3, 0.4) is 0 Å². The molecule has 0 saturated carbocycles. The number of thioether (sulfide) groups is 1. The Kier molecular flexibility index (Phi) is 6.58. The lowest BCUT2D eigenvalue weighted by atomic mass is 10.1. The van der Waals surface area contributed by atoms with Gasteiger partial charge in [-0.15, -0.1) is 11.8 Å². The summed E-state index contributed by atoms with van der Waals surface area (Å²) in [5, 5.41) is 17.7. The summed E-state index contributed by atoms with van der Waals surface area (Å²) in [5.41, 5.74) is 0.987. The maximum atomic E-state index is 11.7. The topological polar surface area (TPSA) is 122 Å². The fourth-order valence-electron chi connectivity index (χ4n) is 1.86. The molecule has 0 saturated heterocycles. The first-order chi connectivity index (χ1) is 11.9. The third-order valence-corrected chi connectivity index (χ3v) is 3.98. The molecule has 8 nitrogen and oxygen atoms in total. The van der Waals surface area contributed by atoms with Crippen LogP contribution in [0.5, 0.6) is 0 Å². The van der Waals surface area contributed by atoms with E-state index in [9.17, 15) is 14.4 Å². The van der Waals surface area contributed by atoms with E-state index in [0.717, 1.165) is 5.56 Å². The Morgan fingerprint density at radius 2 is 1.84 bits per heavy atom. The van der Waals surface area contributed by atoms with Crippen LogP contribution in [0.25, 0.3) is 0 Å². The first kappa shape index (κ1) is 18.5. The van der Waals surface area contributed by atoms with Gasteiger partial charge in [-0.25, -0.2) is 4.79 Å². The largest absolute Gasteiger partial charge is 0.478 e. The number of hydrogen-bond acceptors (Lipinski definition) is 6. The summed E-state index contributed by atoms with van der Waals surface area (Å²) in [6, 6.07) is 7.85. The van der Waals surface area contributed by atoms with Crippen molar-refractivity contribution in [3.8, 4) is 0 Å². The van der Waals surface area contributed by atoms with Gasteiger partial charge in [-0.05, 0) is 24.6 Å². The van der Waals surface area contributed by atoms with Crippen molar-refractivity contribution < 1.29 is 24.0 Å². The Labute approximate surface area is 148 Å². The maximum Gasteiger partial charge on any atom is 0.335 e. The van der Waals surface area contributed by atoms with E-state index in [4.69, 9.17) is 9.63 Å². The quantitative estimate of drug-likeness (QED) is 0.652. The molecule has 2 rings (SSSR count). The molecular formula is C16H17N3O5S. The number of rotatable bonds is 8. The molecule has 0 unspecified atom stereocenters. The van der Waals surface area contributed by atoms with Crippen molar-refractivity contribution in [2.45, 2.75) is 13.5 Å². The second-order valence-electron chi connectivity index (χ2n) is 5.14. The number of carboxylic acid groups (broad SMARTS) is 1. The predicted octanol–water partition coefficient (Wildman–Crippen LogP) is 1.67. The predicted molar refractivity (Wildman–Crippen MR) is 92.4 cm³/mol. The molecule has 1 aromatic carbocycles. The standard InChI is InChI=1S/C16H17N3O5S/c1-10-6-13(19-24-10)18-15(21)9-25-8-14(20)17-7-11-2-4-12(5-3-11)16(22)23/h2-6H,7-9H2,1H3,(H,17,20)(H,22,23)(H,18,19,21). The van der Waals surface area contributed by atoms with Crippen LogP contribution in [0.4, 0.5) is 5.82 Å².